The number of pyridine rings is 1. The fourth-order valence-corrected chi connectivity index (χ4v) is 3.19. The summed E-state index contributed by atoms with van der Waals surface area (Å²) in [6.07, 6.45) is 2.23. The van der Waals surface area contributed by atoms with Crippen LogP contribution in [-0.4, -0.2) is 20.6 Å². The van der Waals surface area contributed by atoms with Crippen molar-refractivity contribution < 1.29 is 9.32 Å². The van der Waals surface area contributed by atoms with E-state index < -0.39 is 0 Å². The van der Waals surface area contributed by atoms with Crippen molar-refractivity contribution in [3.8, 4) is 11.4 Å². The molecular formula is C22H26N4O3. The van der Waals surface area contributed by atoms with Gasteiger partial charge < -0.3 is 14.4 Å². The summed E-state index contributed by atoms with van der Waals surface area (Å²) in [6.45, 7) is 6.61. The molecule has 3 aromatic rings. The third-order valence-corrected chi connectivity index (χ3v) is 4.79. The zero-order chi connectivity index (χ0) is 20.8. The second-order valence-corrected chi connectivity index (χ2v) is 6.92. The van der Waals surface area contributed by atoms with E-state index in [-0.39, 0.29) is 23.7 Å². The van der Waals surface area contributed by atoms with Gasteiger partial charge >= 0.3 is 0 Å². The third-order valence-electron chi connectivity index (χ3n) is 4.79. The molecular weight excluding hydrogens is 368 g/mol. The summed E-state index contributed by atoms with van der Waals surface area (Å²) in [5.41, 5.74) is 3.08. The number of amides is 1. The molecule has 0 unspecified atom stereocenters. The van der Waals surface area contributed by atoms with E-state index >= 15 is 0 Å². The maximum atomic E-state index is 12.7. The lowest BCUT2D eigenvalue weighted by Crippen LogP contribution is -2.23. The Bertz CT molecular complexity index is 1050. The van der Waals surface area contributed by atoms with Gasteiger partial charge in [-0.05, 0) is 43.5 Å². The summed E-state index contributed by atoms with van der Waals surface area (Å²) in [5, 5.41) is 6.86. The lowest BCUT2D eigenvalue weighted by Gasteiger charge is -2.09. The summed E-state index contributed by atoms with van der Waals surface area (Å²) >= 11 is 0. The molecule has 7 heteroatoms. The number of aromatic nitrogens is 3. The molecule has 152 valence electrons. The van der Waals surface area contributed by atoms with Crippen LogP contribution in [0.3, 0.4) is 0 Å². The number of para-hydroxylation sites is 1. The Labute approximate surface area is 169 Å². The molecule has 1 amide bonds. The molecule has 0 bridgehead atoms. The number of aryl methyl sites for hydroxylation is 3. The summed E-state index contributed by atoms with van der Waals surface area (Å²) in [4.78, 5) is 29.3. The Morgan fingerprint density at radius 2 is 1.97 bits per heavy atom. The number of anilines is 1. The minimum atomic E-state index is -0.131. The molecule has 1 N–H and O–H groups in total. The second-order valence-electron chi connectivity index (χ2n) is 6.92. The highest BCUT2D eigenvalue weighted by Gasteiger charge is 2.15. The Morgan fingerprint density at radius 1 is 1.17 bits per heavy atom. The average molecular weight is 394 g/mol. The molecule has 0 fully saturated rings. The molecule has 29 heavy (non-hydrogen) atoms. The van der Waals surface area contributed by atoms with Gasteiger partial charge in [-0.25, -0.2) is 0 Å². The maximum absolute atomic E-state index is 12.7. The van der Waals surface area contributed by atoms with Crippen molar-refractivity contribution in [2.75, 3.05) is 5.32 Å². The standard InChI is InChI=1S/C22H26N4O3/c1-4-14-26-15(3)10-11-17(22(26)28)21-24-20(29-25-21)13-12-19(27)23-18-9-7-6-8-16(18)5-2/h6-11H,4-5,12-14H2,1-3H3,(H,23,27). The molecule has 1 aromatic carbocycles. The number of hydrogen-bond acceptors (Lipinski definition) is 5. The smallest absolute Gasteiger partial charge is 0.261 e. The number of nitrogens with zero attached hydrogens (tertiary/aromatic N) is 3. The van der Waals surface area contributed by atoms with E-state index in [1.165, 1.54) is 0 Å². The second kappa shape index (κ2) is 9.32. The largest absolute Gasteiger partial charge is 0.339 e. The van der Waals surface area contributed by atoms with E-state index in [1.807, 2.05) is 51.1 Å². The zero-order valence-electron chi connectivity index (χ0n) is 17.1. The molecule has 0 saturated carbocycles. The van der Waals surface area contributed by atoms with Crippen LogP contribution in [0.4, 0.5) is 5.69 Å². The van der Waals surface area contributed by atoms with Crippen LogP contribution >= 0.6 is 0 Å². The van der Waals surface area contributed by atoms with Gasteiger partial charge in [0.15, 0.2) is 0 Å². The van der Waals surface area contributed by atoms with Crippen LogP contribution in [0, 0.1) is 6.92 Å². The van der Waals surface area contributed by atoms with Gasteiger partial charge in [-0.15, -0.1) is 0 Å². The number of carbonyl (C=O) groups excluding carboxylic acids is 1. The van der Waals surface area contributed by atoms with E-state index in [2.05, 4.69) is 15.5 Å². The SMILES string of the molecule is CCCn1c(C)ccc(-c2noc(CCC(=O)Nc3ccccc3CC)n2)c1=O. The van der Waals surface area contributed by atoms with Gasteiger partial charge in [-0.2, -0.15) is 4.98 Å². The molecule has 7 nitrogen and oxygen atoms in total. The van der Waals surface area contributed by atoms with Crippen molar-refractivity contribution in [2.24, 2.45) is 0 Å². The molecule has 0 aliphatic rings. The van der Waals surface area contributed by atoms with E-state index in [0.717, 1.165) is 29.8 Å². The van der Waals surface area contributed by atoms with Crippen LogP contribution in [0.2, 0.25) is 0 Å². The number of benzene rings is 1. The van der Waals surface area contributed by atoms with Crippen molar-refractivity contribution in [1.29, 1.82) is 0 Å². The zero-order valence-corrected chi connectivity index (χ0v) is 17.1. The van der Waals surface area contributed by atoms with E-state index in [0.29, 0.717) is 24.4 Å². The highest BCUT2D eigenvalue weighted by Crippen LogP contribution is 2.17. The molecule has 0 radical (unpaired) electrons. The molecule has 0 atom stereocenters. The van der Waals surface area contributed by atoms with Gasteiger partial charge in [0.05, 0.1) is 5.56 Å². The molecule has 2 aromatic heterocycles. The summed E-state index contributed by atoms with van der Waals surface area (Å²) in [5.74, 6) is 0.471. The number of rotatable bonds is 8. The van der Waals surface area contributed by atoms with Gasteiger partial charge in [0.25, 0.3) is 5.56 Å². The lowest BCUT2D eigenvalue weighted by atomic mass is 10.1. The van der Waals surface area contributed by atoms with Crippen LogP contribution < -0.4 is 10.9 Å². The Hall–Kier alpha value is -3.22. The lowest BCUT2D eigenvalue weighted by molar-refractivity contribution is -0.116. The van der Waals surface area contributed by atoms with Gasteiger partial charge in [-0.3, -0.25) is 9.59 Å². The normalized spacial score (nSPS) is 10.9. The fourth-order valence-electron chi connectivity index (χ4n) is 3.19. The Kier molecular flexibility index (Phi) is 6.59. The molecule has 3 rings (SSSR count). The summed E-state index contributed by atoms with van der Waals surface area (Å²) in [6, 6.07) is 11.3. The van der Waals surface area contributed by atoms with Crippen LogP contribution in [-0.2, 0) is 24.2 Å². The highest BCUT2D eigenvalue weighted by atomic mass is 16.5. The predicted octanol–water partition coefficient (Wildman–Crippen LogP) is 3.75. The van der Waals surface area contributed by atoms with Gasteiger partial charge in [-0.1, -0.05) is 37.2 Å². The van der Waals surface area contributed by atoms with Gasteiger partial charge in [0.1, 0.15) is 0 Å². The van der Waals surface area contributed by atoms with Gasteiger partial charge in [0.2, 0.25) is 17.6 Å². The minimum absolute atomic E-state index is 0.119. The van der Waals surface area contributed by atoms with Crippen molar-refractivity contribution >= 4 is 11.6 Å². The number of nitrogens with one attached hydrogen (secondary N) is 1. The van der Waals surface area contributed by atoms with Crippen molar-refractivity contribution in [2.45, 2.75) is 53.0 Å². The van der Waals surface area contributed by atoms with Crippen molar-refractivity contribution in [3.63, 3.8) is 0 Å². The first-order valence-corrected chi connectivity index (χ1v) is 9.94. The van der Waals surface area contributed by atoms with Crippen molar-refractivity contribution in [3.05, 3.63) is 63.9 Å². The average Bonchev–Trinajstić information content (AvgIpc) is 3.19. The first kappa shape index (κ1) is 20.5. The minimum Gasteiger partial charge on any atom is -0.339 e. The fraction of sp³-hybridized carbons (Fsp3) is 0.364. The quantitative estimate of drug-likeness (QED) is 0.628. The molecule has 0 aliphatic heterocycles. The molecule has 0 saturated heterocycles. The number of carbonyl (C=O) groups is 1. The summed E-state index contributed by atoms with van der Waals surface area (Å²) < 4.78 is 6.97. The molecule has 0 aliphatic carbocycles. The molecule has 0 spiro atoms. The van der Waals surface area contributed by atoms with E-state index in [4.69, 9.17) is 4.52 Å². The van der Waals surface area contributed by atoms with Crippen molar-refractivity contribution in [1.82, 2.24) is 14.7 Å². The van der Waals surface area contributed by atoms with Gasteiger partial charge in [0, 0.05) is 30.8 Å². The van der Waals surface area contributed by atoms with E-state index in [1.54, 1.807) is 10.6 Å². The number of hydrogen-bond donors (Lipinski definition) is 1. The topological polar surface area (TPSA) is 90.0 Å². The maximum Gasteiger partial charge on any atom is 0.261 e. The first-order valence-electron chi connectivity index (χ1n) is 9.94. The molecule has 2 heterocycles. The van der Waals surface area contributed by atoms with E-state index in [9.17, 15) is 9.59 Å². The monoisotopic (exact) mass is 394 g/mol. The predicted molar refractivity (Wildman–Crippen MR) is 112 cm³/mol. The Balaban J connectivity index is 1.67. The van der Waals surface area contributed by atoms with Crippen LogP contribution in [0.25, 0.3) is 11.4 Å². The highest BCUT2D eigenvalue weighted by molar-refractivity contribution is 5.91. The summed E-state index contributed by atoms with van der Waals surface area (Å²) in [7, 11) is 0. The van der Waals surface area contributed by atoms with Crippen LogP contribution in [0.1, 0.15) is 43.8 Å². The van der Waals surface area contributed by atoms with Crippen LogP contribution in [0.15, 0.2) is 45.7 Å². The first-order chi connectivity index (χ1) is 14.0. The van der Waals surface area contributed by atoms with Crippen LogP contribution in [0.5, 0.6) is 0 Å². The third kappa shape index (κ3) is 4.80. The Morgan fingerprint density at radius 3 is 2.72 bits per heavy atom.